The topological polar surface area (TPSA) is 89.9 Å². The fourth-order valence-electron chi connectivity index (χ4n) is 4.11. The molecule has 4 heterocycles. The third kappa shape index (κ3) is 4.26. The number of aromatic nitrogens is 5. The van der Waals surface area contributed by atoms with Gasteiger partial charge in [0.2, 0.25) is 5.91 Å². The van der Waals surface area contributed by atoms with Crippen LogP contribution in [0.25, 0.3) is 11.1 Å². The largest absolute Gasteiger partial charge is 0.417 e. The molecule has 3 aromatic rings. The van der Waals surface area contributed by atoms with Crippen LogP contribution in [-0.2, 0) is 23.9 Å². The van der Waals surface area contributed by atoms with E-state index in [-0.39, 0.29) is 41.1 Å². The van der Waals surface area contributed by atoms with E-state index in [1.807, 2.05) is 0 Å². The van der Waals surface area contributed by atoms with Crippen LogP contribution in [0.15, 0.2) is 23.2 Å². The molecule has 1 aliphatic rings. The van der Waals surface area contributed by atoms with Crippen molar-refractivity contribution in [3.63, 3.8) is 0 Å². The molecule has 3 aromatic heterocycles. The van der Waals surface area contributed by atoms with Crippen molar-refractivity contribution < 1.29 is 22.5 Å². The maximum atomic E-state index is 13.8. The number of hydrogen-bond acceptors (Lipinski definition) is 6. The summed E-state index contributed by atoms with van der Waals surface area (Å²) in [4.78, 5) is 22.7. The number of fused-ring (bicyclic) bond motifs is 1. The number of likely N-dealkylation sites (tertiary alicyclic amines) is 1. The monoisotopic (exact) mass is 436 g/mol. The van der Waals surface area contributed by atoms with Gasteiger partial charge in [0, 0.05) is 24.7 Å². The van der Waals surface area contributed by atoms with Crippen LogP contribution in [0, 0.1) is 5.92 Å². The highest BCUT2D eigenvalue weighted by Crippen LogP contribution is 2.40. The normalized spacial score (nSPS) is 18.5. The number of piperidine rings is 1. The molecule has 0 spiro atoms. The average Bonchev–Trinajstić information content (AvgIpc) is 3.41. The van der Waals surface area contributed by atoms with E-state index in [0.29, 0.717) is 38.0 Å². The molecule has 0 saturated carbocycles. The van der Waals surface area contributed by atoms with Gasteiger partial charge in [-0.05, 0) is 25.3 Å². The quantitative estimate of drug-likeness (QED) is 0.609. The van der Waals surface area contributed by atoms with Gasteiger partial charge in [0.1, 0.15) is 12.7 Å². The predicted molar refractivity (Wildman–Crippen MR) is 104 cm³/mol. The van der Waals surface area contributed by atoms with Crippen LogP contribution in [0.4, 0.5) is 13.2 Å². The number of alkyl halides is 3. The molecule has 1 saturated heterocycles. The van der Waals surface area contributed by atoms with Gasteiger partial charge in [-0.2, -0.15) is 18.3 Å². The van der Waals surface area contributed by atoms with Gasteiger partial charge in [-0.3, -0.25) is 9.48 Å². The van der Waals surface area contributed by atoms with Gasteiger partial charge in [0.05, 0.1) is 29.1 Å². The van der Waals surface area contributed by atoms with E-state index >= 15 is 0 Å². The molecule has 11 heteroatoms. The zero-order valence-electron chi connectivity index (χ0n) is 17.3. The molecule has 0 N–H and O–H groups in total. The number of carbonyl (C=O) groups is 1. The van der Waals surface area contributed by atoms with Crippen LogP contribution in [0.3, 0.4) is 0 Å². The van der Waals surface area contributed by atoms with E-state index in [4.69, 9.17) is 4.52 Å². The molecule has 2 atom stereocenters. The van der Waals surface area contributed by atoms with Crippen molar-refractivity contribution in [2.24, 2.45) is 5.92 Å². The Hall–Kier alpha value is -2.98. The summed E-state index contributed by atoms with van der Waals surface area (Å²) in [6, 6.07) is 1.06. The Morgan fingerprint density at radius 2 is 2.19 bits per heavy atom. The molecule has 4 rings (SSSR count). The fraction of sp³-hybridized carbons (Fsp3) is 0.550. The number of amides is 1. The summed E-state index contributed by atoms with van der Waals surface area (Å²) in [5.41, 5.74) is -0.373. The zero-order chi connectivity index (χ0) is 22.2. The van der Waals surface area contributed by atoms with E-state index in [2.05, 4.69) is 20.2 Å². The Morgan fingerprint density at radius 1 is 1.39 bits per heavy atom. The van der Waals surface area contributed by atoms with E-state index in [1.165, 1.54) is 6.33 Å². The minimum absolute atomic E-state index is 0.0737. The highest BCUT2D eigenvalue weighted by atomic mass is 19.4. The SMILES string of the molecule is CCc1cc(C(F)(F)F)c2c([C@@H]3CCCN(C(=O)[C@H](C)Cn4cncn4)C3)noc2n1. The lowest BCUT2D eigenvalue weighted by Gasteiger charge is -2.33. The van der Waals surface area contributed by atoms with Gasteiger partial charge in [-0.25, -0.2) is 9.97 Å². The standard InChI is InChI=1S/C20H23F3N6O2/c1-3-14-7-15(20(21,22)23)16-17(27-31-18(16)26-14)13-5-4-6-28(9-13)19(30)12(2)8-29-11-24-10-25-29/h7,10-13H,3-6,8-9H2,1-2H3/t12-,13-/m1/s1. The summed E-state index contributed by atoms with van der Waals surface area (Å²) in [6.07, 6.45) is 0.0330. The fourth-order valence-corrected chi connectivity index (χ4v) is 4.11. The zero-order valence-corrected chi connectivity index (χ0v) is 17.3. The van der Waals surface area contributed by atoms with Gasteiger partial charge < -0.3 is 9.42 Å². The molecule has 166 valence electrons. The number of carbonyl (C=O) groups excluding carboxylic acids is 1. The predicted octanol–water partition coefficient (Wildman–Crippen LogP) is 3.44. The second-order valence-corrected chi connectivity index (χ2v) is 7.90. The van der Waals surface area contributed by atoms with Crippen molar-refractivity contribution in [2.45, 2.75) is 51.7 Å². The highest BCUT2D eigenvalue weighted by molar-refractivity contribution is 5.82. The molecule has 0 unspecified atom stereocenters. The lowest BCUT2D eigenvalue weighted by molar-refractivity contribution is -0.137. The van der Waals surface area contributed by atoms with Crippen molar-refractivity contribution in [1.82, 2.24) is 29.8 Å². The summed E-state index contributed by atoms with van der Waals surface area (Å²) in [5, 5.41) is 7.89. The number of aryl methyl sites for hydroxylation is 1. The molecule has 0 bridgehead atoms. The third-order valence-electron chi connectivity index (χ3n) is 5.66. The number of hydrogen-bond donors (Lipinski definition) is 0. The summed E-state index contributed by atoms with van der Waals surface area (Å²) < 4.78 is 48.1. The lowest BCUT2D eigenvalue weighted by atomic mass is 9.91. The first kappa shape index (κ1) is 21.3. The van der Waals surface area contributed by atoms with Gasteiger partial charge in [-0.1, -0.05) is 19.0 Å². The molecule has 8 nitrogen and oxygen atoms in total. The van der Waals surface area contributed by atoms with E-state index in [1.54, 1.807) is 29.8 Å². The molecule has 1 amide bonds. The molecular formula is C20H23F3N6O2. The summed E-state index contributed by atoms with van der Waals surface area (Å²) in [5.74, 6) is -0.766. The maximum Gasteiger partial charge on any atom is 0.417 e. The first-order valence-corrected chi connectivity index (χ1v) is 10.3. The van der Waals surface area contributed by atoms with Gasteiger partial charge in [0.25, 0.3) is 5.71 Å². The molecule has 0 aromatic carbocycles. The van der Waals surface area contributed by atoms with Crippen LogP contribution < -0.4 is 0 Å². The van der Waals surface area contributed by atoms with Crippen molar-refractivity contribution in [3.05, 3.63) is 35.7 Å². The number of pyridine rings is 1. The van der Waals surface area contributed by atoms with Gasteiger partial charge in [0.15, 0.2) is 0 Å². The maximum absolute atomic E-state index is 13.8. The van der Waals surface area contributed by atoms with Crippen LogP contribution in [0.2, 0.25) is 0 Å². The number of rotatable bonds is 5. The lowest BCUT2D eigenvalue weighted by Crippen LogP contribution is -2.42. The first-order chi connectivity index (χ1) is 14.8. The second-order valence-electron chi connectivity index (χ2n) is 7.90. The van der Waals surface area contributed by atoms with Crippen LogP contribution in [0.5, 0.6) is 0 Å². The molecule has 0 radical (unpaired) electrons. The van der Waals surface area contributed by atoms with E-state index < -0.39 is 11.7 Å². The molecule has 0 aliphatic carbocycles. The molecule has 1 fully saturated rings. The van der Waals surface area contributed by atoms with Crippen LogP contribution >= 0.6 is 0 Å². The number of nitrogens with zero attached hydrogens (tertiary/aromatic N) is 6. The molecular weight excluding hydrogens is 413 g/mol. The molecule has 31 heavy (non-hydrogen) atoms. The Morgan fingerprint density at radius 3 is 2.87 bits per heavy atom. The van der Waals surface area contributed by atoms with E-state index in [0.717, 1.165) is 6.07 Å². The Bertz CT molecular complexity index is 1060. The van der Waals surface area contributed by atoms with Gasteiger partial charge >= 0.3 is 6.18 Å². The van der Waals surface area contributed by atoms with Crippen molar-refractivity contribution >= 4 is 17.0 Å². The van der Waals surface area contributed by atoms with Crippen molar-refractivity contribution in [3.8, 4) is 0 Å². The van der Waals surface area contributed by atoms with Crippen molar-refractivity contribution in [2.75, 3.05) is 13.1 Å². The van der Waals surface area contributed by atoms with Crippen molar-refractivity contribution in [1.29, 1.82) is 0 Å². The minimum Gasteiger partial charge on any atom is -0.342 e. The van der Waals surface area contributed by atoms with Gasteiger partial charge in [-0.15, -0.1) is 0 Å². The Labute approximate surface area is 176 Å². The Kier molecular flexibility index (Phi) is 5.67. The van der Waals surface area contributed by atoms with Crippen LogP contribution in [-0.4, -0.2) is 48.8 Å². The Balaban J connectivity index is 1.60. The minimum atomic E-state index is -4.55. The smallest absolute Gasteiger partial charge is 0.342 e. The average molecular weight is 436 g/mol. The molecule has 1 aliphatic heterocycles. The van der Waals surface area contributed by atoms with Crippen LogP contribution in [0.1, 0.15) is 49.6 Å². The highest BCUT2D eigenvalue weighted by Gasteiger charge is 2.38. The summed E-state index contributed by atoms with van der Waals surface area (Å²) in [6.45, 7) is 4.76. The number of halogens is 3. The second kappa shape index (κ2) is 8.27. The summed E-state index contributed by atoms with van der Waals surface area (Å²) >= 11 is 0. The third-order valence-corrected chi connectivity index (χ3v) is 5.66. The first-order valence-electron chi connectivity index (χ1n) is 10.3. The summed E-state index contributed by atoms with van der Waals surface area (Å²) in [7, 11) is 0. The van der Waals surface area contributed by atoms with E-state index in [9.17, 15) is 18.0 Å².